The van der Waals surface area contributed by atoms with E-state index in [4.69, 9.17) is 4.99 Å². The predicted molar refractivity (Wildman–Crippen MR) is 104 cm³/mol. The standard InChI is InChI=1S/C23H27N/c1-3-23-16-8-6-4-5-7-15-22(23)24-21(18-23)14-10-13-20-12-9-11-19(2)17-20/h3-7,9,11-12,15,17H,1,8,10,13-14,16,18H2,2H3/b6-4-,7-5-,22-15?. The van der Waals surface area contributed by atoms with Crippen molar-refractivity contribution >= 4 is 5.71 Å². The molecule has 3 rings (SSSR count). The minimum absolute atomic E-state index is 0.0394. The van der Waals surface area contributed by atoms with Gasteiger partial charge in [0.05, 0.1) is 5.70 Å². The maximum Gasteiger partial charge on any atom is 0.0506 e. The summed E-state index contributed by atoms with van der Waals surface area (Å²) in [4.78, 5) is 4.97. The van der Waals surface area contributed by atoms with Gasteiger partial charge in [-0.25, -0.2) is 0 Å². The van der Waals surface area contributed by atoms with Crippen molar-refractivity contribution in [1.29, 1.82) is 0 Å². The highest BCUT2D eigenvalue weighted by atomic mass is 14.8. The summed E-state index contributed by atoms with van der Waals surface area (Å²) in [5.41, 5.74) is 5.35. The zero-order valence-corrected chi connectivity index (χ0v) is 14.7. The van der Waals surface area contributed by atoms with Crippen LogP contribution in [0.4, 0.5) is 0 Å². The molecule has 124 valence electrons. The average Bonchev–Trinajstić information content (AvgIpc) is 2.95. The van der Waals surface area contributed by atoms with E-state index in [-0.39, 0.29) is 5.41 Å². The molecular formula is C23H27N. The van der Waals surface area contributed by atoms with Crippen molar-refractivity contribution in [2.75, 3.05) is 0 Å². The van der Waals surface area contributed by atoms with Gasteiger partial charge in [0.15, 0.2) is 0 Å². The lowest BCUT2D eigenvalue weighted by molar-refractivity contribution is 0.456. The number of hydrogen-bond acceptors (Lipinski definition) is 1. The lowest BCUT2D eigenvalue weighted by atomic mass is 9.77. The Balaban J connectivity index is 1.66. The first-order valence-corrected chi connectivity index (χ1v) is 9.01. The Labute approximate surface area is 146 Å². The normalized spacial score (nSPS) is 25.5. The smallest absolute Gasteiger partial charge is 0.0506 e. The van der Waals surface area contributed by atoms with E-state index in [2.05, 4.69) is 74.2 Å². The molecule has 24 heavy (non-hydrogen) atoms. The molecule has 0 fully saturated rings. The fourth-order valence-electron chi connectivity index (χ4n) is 3.71. The summed E-state index contributed by atoms with van der Waals surface area (Å²) in [6.45, 7) is 6.29. The summed E-state index contributed by atoms with van der Waals surface area (Å²) in [7, 11) is 0. The van der Waals surface area contributed by atoms with Crippen molar-refractivity contribution < 1.29 is 0 Å². The molecular weight excluding hydrogens is 290 g/mol. The first-order valence-electron chi connectivity index (χ1n) is 9.01. The molecule has 1 aliphatic carbocycles. The Morgan fingerprint density at radius 2 is 2.12 bits per heavy atom. The van der Waals surface area contributed by atoms with Crippen LogP contribution in [0.2, 0.25) is 0 Å². The highest BCUT2D eigenvalue weighted by Gasteiger charge is 2.36. The Morgan fingerprint density at radius 1 is 1.21 bits per heavy atom. The van der Waals surface area contributed by atoms with Gasteiger partial charge >= 0.3 is 0 Å². The van der Waals surface area contributed by atoms with Crippen LogP contribution >= 0.6 is 0 Å². The summed E-state index contributed by atoms with van der Waals surface area (Å²) < 4.78 is 0. The van der Waals surface area contributed by atoms with Gasteiger partial charge in [-0.15, -0.1) is 6.58 Å². The van der Waals surface area contributed by atoms with Gasteiger partial charge in [-0.1, -0.05) is 60.2 Å². The van der Waals surface area contributed by atoms with E-state index in [1.807, 2.05) is 0 Å². The molecule has 2 aliphatic rings. The van der Waals surface area contributed by atoms with Crippen molar-refractivity contribution in [3.05, 3.63) is 84.1 Å². The molecule has 1 aromatic rings. The molecule has 1 atom stereocenters. The molecule has 1 heterocycles. The van der Waals surface area contributed by atoms with Crippen LogP contribution in [0.25, 0.3) is 0 Å². The van der Waals surface area contributed by atoms with E-state index >= 15 is 0 Å². The van der Waals surface area contributed by atoms with Crippen molar-refractivity contribution in [2.45, 2.75) is 45.4 Å². The summed E-state index contributed by atoms with van der Waals surface area (Å²) in [5, 5.41) is 0. The van der Waals surface area contributed by atoms with Gasteiger partial charge in [0, 0.05) is 17.5 Å². The third-order valence-electron chi connectivity index (χ3n) is 5.08. The molecule has 0 radical (unpaired) electrons. The number of nitrogens with zero attached hydrogens (tertiary/aromatic N) is 1. The Bertz CT molecular complexity index is 717. The van der Waals surface area contributed by atoms with Crippen molar-refractivity contribution in [3.63, 3.8) is 0 Å². The molecule has 0 spiro atoms. The largest absolute Gasteiger partial charge is 0.261 e. The number of allylic oxidation sites excluding steroid dienone is 6. The van der Waals surface area contributed by atoms with E-state index in [1.54, 1.807) is 0 Å². The number of aliphatic imine (C=N–C) groups is 1. The van der Waals surface area contributed by atoms with Gasteiger partial charge in [0.25, 0.3) is 0 Å². The van der Waals surface area contributed by atoms with Gasteiger partial charge in [-0.2, -0.15) is 0 Å². The van der Waals surface area contributed by atoms with Gasteiger partial charge in [0.2, 0.25) is 0 Å². The van der Waals surface area contributed by atoms with E-state index < -0.39 is 0 Å². The minimum atomic E-state index is 0.0394. The quantitative estimate of drug-likeness (QED) is 0.580. The van der Waals surface area contributed by atoms with Crippen LogP contribution in [0, 0.1) is 12.3 Å². The molecule has 0 saturated heterocycles. The topological polar surface area (TPSA) is 12.4 Å². The Kier molecular flexibility index (Phi) is 5.30. The van der Waals surface area contributed by atoms with Crippen molar-refractivity contribution in [1.82, 2.24) is 0 Å². The first-order chi connectivity index (χ1) is 11.7. The lowest BCUT2D eigenvalue weighted by Crippen LogP contribution is -2.17. The summed E-state index contributed by atoms with van der Waals surface area (Å²) >= 11 is 0. The van der Waals surface area contributed by atoms with Crippen molar-refractivity contribution in [3.8, 4) is 0 Å². The Hall–Kier alpha value is -2.15. The second-order valence-corrected chi connectivity index (χ2v) is 6.96. The molecule has 0 amide bonds. The SMILES string of the molecule is C=CC12CC/C=C\C=C/C=C1N=C(CCCc1cccc(C)c1)C2. The number of hydrogen-bond donors (Lipinski definition) is 0. The molecule has 1 heteroatoms. The van der Waals surface area contributed by atoms with Crippen LogP contribution in [0.5, 0.6) is 0 Å². The van der Waals surface area contributed by atoms with Gasteiger partial charge in [-0.3, -0.25) is 4.99 Å². The lowest BCUT2D eigenvalue weighted by Gasteiger charge is -2.25. The number of benzene rings is 1. The minimum Gasteiger partial charge on any atom is -0.261 e. The van der Waals surface area contributed by atoms with Crippen LogP contribution in [0.1, 0.15) is 43.2 Å². The summed E-state index contributed by atoms with van der Waals surface area (Å²) in [6.07, 6.45) is 19.5. The van der Waals surface area contributed by atoms with Gasteiger partial charge in [-0.05, 0) is 50.7 Å². The molecule has 1 nitrogen and oxygen atoms in total. The highest BCUT2D eigenvalue weighted by Crippen LogP contribution is 2.44. The zero-order chi connectivity index (χ0) is 16.8. The first kappa shape index (κ1) is 16.7. The van der Waals surface area contributed by atoms with Crippen LogP contribution in [0.15, 0.2) is 78.0 Å². The number of aryl methyl sites for hydroxylation is 2. The van der Waals surface area contributed by atoms with E-state index in [9.17, 15) is 0 Å². The van der Waals surface area contributed by atoms with E-state index in [0.717, 1.165) is 32.1 Å². The van der Waals surface area contributed by atoms with Crippen LogP contribution < -0.4 is 0 Å². The predicted octanol–water partition coefficient (Wildman–Crippen LogP) is 6.12. The Morgan fingerprint density at radius 3 is 2.96 bits per heavy atom. The van der Waals surface area contributed by atoms with Crippen LogP contribution in [-0.4, -0.2) is 5.71 Å². The summed E-state index contributed by atoms with van der Waals surface area (Å²) in [6, 6.07) is 8.83. The monoisotopic (exact) mass is 317 g/mol. The molecule has 0 bridgehead atoms. The van der Waals surface area contributed by atoms with Crippen molar-refractivity contribution in [2.24, 2.45) is 10.4 Å². The summed E-state index contributed by atoms with van der Waals surface area (Å²) in [5.74, 6) is 0. The molecule has 0 saturated carbocycles. The second kappa shape index (κ2) is 7.61. The maximum absolute atomic E-state index is 4.97. The number of fused-ring (bicyclic) bond motifs is 1. The number of rotatable bonds is 5. The zero-order valence-electron chi connectivity index (χ0n) is 14.7. The molecule has 1 unspecified atom stereocenters. The van der Waals surface area contributed by atoms with Crippen LogP contribution in [-0.2, 0) is 6.42 Å². The third kappa shape index (κ3) is 3.84. The fourth-order valence-corrected chi connectivity index (χ4v) is 3.71. The average molecular weight is 317 g/mol. The van der Waals surface area contributed by atoms with Crippen LogP contribution in [0.3, 0.4) is 0 Å². The second-order valence-electron chi connectivity index (χ2n) is 6.96. The molecule has 0 N–H and O–H groups in total. The van der Waals surface area contributed by atoms with E-state index in [0.29, 0.717) is 0 Å². The molecule has 0 aromatic heterocycles. The molecule has 1 aromatic carbocycles. The van der Waals surface area contributed by atoms with E-state index in [1.165, 1.54) is 29.0 Å². The highest BCUT2D eigenvalue weighted by molar-refractivity contribution is 5.89. The van der Waals surface area contributed by atoms with Gasteiger partial charge < -0.3 is 0 Å². The van der Waals surface area contributed by atoms with Gasteiger partial charge in [0.1, 0.15) is 0 Å². The fraction of sp³-hybridized carbons (Fsp3) is 0.348. The molecule has 1 aliphatic heterocycles. The third-order valence-corrected chi connectivity index (χ3v) is 5.08. The maximum atomic E-state index is 4.97.